The zero-order valence-corrected chi connectivity index (χ0v) is 12.3. The van der Waals surface area contributed by atoms with Gasteiger partial charge in [0.25, 0.3) is 0 Å². The van der Waals surface area contributed by atoms with E-state index in [1.165, 1.54) is 0 Å². The maximum Gasteiger partial charge on any atom is 0.250 e. The van der Waals surface area contributed by atoms with E-state index in [2.05, 4.69) is 21.8 Å². The number of anilines is 1. The van der Waals surface area contributed by atoms with Crippen molar-refractivity contribution in [1.29, 1.82) is 0 Å². The van der Waals surface area contributed by atoms with Crippen LogP contribution in [0.2, 0.25) is 0 Å². The average Bonchev–Trinajstić information content (AvgIpc) is 2.47. The van der Waals surface area contributed by atoms with E-state index >= 15 is 0 Å². The molecular formula is C16H19N3O2. The number of nitrogens with one attached hydrogen (secondary N) is 1. The Kier molecular flexibility index (Phi) is 3.75. The van der Waals surface area contributed by atoms with Gasteiger partial charge in [0.2, 0.25) is 5.56 Å². The van der Waals surface area contributed by atoms with Gasteiger partial charge in [-0.3, -0.25) is 9.78 Å². The molecule has 1 aliphatic heterocycles. The summed E-state index contributed by atoms with van der Waals surface area (Å²) in [6, 6.07) is 5.88. The predicted molar refractivity (Wildman–Crippen MR) is 82.7 cm³/mol. The lowest BCUT2D eigenvalue weighted by Gasteiger charge is -2.35. The van der Waals surface area contributed by atoms with Crippen molar-refractivity contribution in [3.8, 4) is 11.3 Å². The molecule has 3 rings (SSSR count). The Morgan fingerprint density at radius 2 is 2.29 bits per heavy atom. The van der Waals surface area contributed by atoms with Gasteiger partial charge in [-0.15, -0.1) is 0 Å². The molecule has 5 nitrogen and oxygen atoms in total. The second-order valence-electron chi connectivity index (χ2n) is 5.42. The van der Waals surface area contributed by atoms with E-state index < -0.39 is 0 Å². The second kappa shape index (κ2) is 5.69. The molecule has 0 radical (unpaired) electrons. The molecule has 21 heavy (non-hydrogen) atoms. The fraction of sp³-hybridized carbons (Fsp3) is 0.375. The number of ether oxygens (including phenoxy) is 1. The molecular weight excluding hydrogens is 266 g/mol. The first-order valence-electron chi connectivity index (χ1n) is 7.15. The van der Waals surface area contributed by atoms with Crippen molar-refractivity contribution in [3.63, 3.8) is 0 Å². The van der Waals surface area contributed by atoms with Crippen LogP contribution in [0.25, 0.3) is 11.3 Å². The van der Waals surface area contributed by atoms with Gasteiger partial charge in [-0.1, -0.05) is 0 Å². The lowest BCUT2D eigenvalue weighted by Crippen LogP contribution is -2.44. The smallest absolute Gasteiger partial charge is 0.250 e. The molecule has 0 aliphatic carbocycles. The van der Waals surface area contributed by atoms with Crippen molar-refractivity contribution in [2.45, 2.75) is 19.9 Å². The number of aryl methyl sites for hydroxylation is 1. The van der Waals surface area contributed by atoms with Crippen molar-refractivity contribution in [2.75, 3.05) is 24.7 Å². The van der Waals surface area contributed by atoms with Crippen molar-refractivity contribution in [2.24, 2.45) is 0 Å². The van der Waals surface area contributed by atoms with E-state index in [9.17, 15) is 4.79 Å². The quantitative estimate of drug-likeness (QED) is 0.916. The number of pyridine rings is 2. The minimum atomic E-state index is -0.0931. The molecule has 1 atom stereocenters. The fourth-order valence-corrected chi connectivity index (χ4v) is 2.70. The van der Waals surface area contributed by atoms with Gasteiger partial charge in [0.05, 0.1) is 18.9 Å². The molecule has 0 bridgehead atoms. The van der Waals surface area contributed by atoms with E-state index in [4.69, 9.17) is 4.74 Å². The van der Waals surface area contributed by atoms with Crippen LogP contribution in [0.3, 0.4) is 0 Å². The molecule has 1 aliphatic rings. The van der Waals surface area contributed by atoms with Gasteiger partial charge in [-0.05, 0) is 31.5 Å². The number of H-pyrrole nitrogens is 1. The third-order valence-electron chi connectivity index (χ3n) is 3.86. The summed E-state index contributed by atoms with van der Waals surface area (Å²) in [6.45, 7) is 6.30. The van der Waals surface area contributed by atoms with E-state index in [1.54, 1.807) is 18.5 Å². The lowest BCUT2D eigenvalue weighted by molar-refractivity contribution is 0.0989. The zero-order valence-electron chi connectivity index (χ0n) is 12.3. The molecule has 3 heterocycles. The molecule has 0 amide bonds. The molecule has 0 saturated carbocycles. The average molecular weight is 285 g/mol. The molecule has 2 aromatic rings. The highest BCUT2D eigenvalue weighted by Crippen LogP contribution is 2.25. The number of nitrogens with zero attached hydrogens (tertiary/aromatic N) is 2. The monoisotopic (exact) mass is 285 g/mol. The van der Waals surface area contributed by atoms with Crippen LogP contribution in [-0.2, 0) is 4.74 Å². The highest BCUT2D eigenvalue weighted by atomic mass is 16.5. The van der Waals surface area contributed by atoms with E-state index in [-0.39, 0.29) is 11.6 Å². The van der Waals surface area contributed by atoms with Crippen LogP contribution in [0, 0.1) is 6.92 Å². The highest BCUT2D eigenvalue weighted by molar-refractivity contribution is 5.66. The summed E-state index contributed by atoms with van der Waals surface area (Å²) in [4.78, 5) is 21.3. The summed E-state index contributed by atoms with van der Waals surface area (Å²) in [5.74, 6) is 0. The molecule has 110 valence electrons. The molecule has 1 unspecified atom stereocenters. The van der Waals surface area contributed by atoms with Gasteiger partial charge < -0.3 is 14.6 Å². The first-order valence-corrected chi connectivity index (χ1v) is 7.15. The number of aromatic amines is 1. The van der Waals surface area contributed by atoms with Crippen molar-refractivity contribution in [1.82, 2.24) is 9.97 Å². The van der Waals surface area contributed by atoms with E-state index in [0.717, 1.165) is 29.1 Å². The first kappa shape index (κ1) is 13.8. The Morgan fingerprint density at radius 3 is 3.05 bits per heavy atom. The lowest BCUT2D eigenvalue weighted by atomic mass is 10.1. The largest absolute Gasteiger partial charge is 0.377 e. The Balaban J connectivity index is 2.04. The first-order chi connectivity index (χ1) is 10.1. The Bertz CT molecular complexity index is 696. The molecule has 2 aromatic heterocycles. The fourth-order valence-electron chi connectivity index (χ4n) is 2.70. The molecule has 1 fully saturated rings. The normalized spacial score (nSPS) is 18.8. The summed E-state index contributed by atoms with van der Waals surface area (Å²) >= 11 is 0. The minimum Gasteiger partial charge on any atom is -0.377 e. The number of aromatic nitrogens is 2. The van der Waals surface area contributed by atoms with Gasteiger partial charge in [0.15, 0.2) is 0 Å². The maximum absolute atomic E-state index is 12.0. The topological polar surface area (TPSA) is 58.2 Å². The van der Waals surface area contributed by atoms with Crippen LogP contribution in [-0.4, -0.2) is 35.8 Å². The van der Waals surface area contributed by atoms with E-state index in [0.29, 0.717) is 13.2 Å². The van der Waals surface area contributed by atoms with Gasteiger partial charge in [0.1, 0.15) is 0 Å². The van der Waals surface area contributed by atoms with Crippen LogP contribution in [0.5, 0.6) is 0 Å². The number of hydrogen-bond donors (Lipinski definition) is 1. The van der Waals surface area contributed by atoms with Crippen LogP contribution in [0.1, 0.15) is 12.5 Å². The molecule has 5 heteroatoms. The third-order valence-corrected chi connectivity index (χ3v) is 3.86. The summed E-state index contributed by atoms with van der Waals surface area (Å²) < 4.78 is 5.46. The van der Waals surface area contributed by atoms with Gasteiger partial charge in [-0.25, -0.2) is 0 Å². The second-order valence-corrected chi connectivity index (χ2v) is 5.42. The third kappa shape index (κ3) is 2.83. The van der Waals surface area contributed by atoms with Crippen LogP contribution in [0.15, 0.2) is 35.4 Å². The van der Waals surface area contributed by atoms with Gasteiger partial charge >= 0.3 is 0 Å². The van der Waals surface area contributed by atoms with Crippen LogP contribution in [0.4, 0.5) is 5.69 Å². The molecule has 0 spiro atoms. The van der Waals surface area contributed by atoms with Crippen LogP contribution >= 0.6 is 0 Å². The Hall–Kier alpha value is -2.14. The summed E-state index contributed by atoms with van der Waals surface area (Å²) in [7, 11) is 0. The Labute approximate surface area is 123 Å². The van der Waals surface area contributed by atoms with Crippen LogP contribution < -0.4 is 10.5 Å². The molecule has 1 N–H and O–H groups in total. The Morgan fingerprint density at radius 1 is 1.43 bits per heavy atom. The van der Waals surface area contributed by atoms with Gasteiger partial charge in [0, 0.05) is 42.3 Å². The molecule has 0 aromatic carbocycles. The van der Waals surface area contributed by atoms with Crippen molar-refractivity contribution >= 4 is 5.69 Å². The standard InChI is InChI=1S/C16H19N3O2/c1-11-3-4-17-9-14(11)15-7-13(8-16(20)18-15)19-5-6-21-10-12(19)2/h3-4,7-9,12H,5-6,10H2,1-2H3,(H,18,20). The number of hydrogen-bond acceptors (Lipinski definition) is 4. The number of morpholine rings is 1. The maximum atomic E-state index is 12.0. The summed E-state index contributed by atoms with van der Waals surface area (Å²) in [5.41, 5.74) is 3.70. The van der Waals surface area contributed by atoms with Crippen molar-refractivity contribution in [3.05, 3.63) is 46.5 Å². The number of rotatable bonds is 2. The minimum absolute atomic E-state index is 0.0931. The summed E-state index contributed by atoms with van der Waals surface area (Å²) in [6.07, 6.45) is 3.54. The van der Waals surface area contributed by atoms with Gasteiger partial charge in [-0.2, -0.15) is 0 Å². The summed E-state index contributed by atoms with van der Waals surface area (Å²) in [5, 5.41) is 0. The SMILES string of the molecule is Cc1ccncc1-c1cc(N2CCOCC2C)cc(=O)[nH]1. The predicted octanol–water partition coefficient (Wildman–Crippen LogP) is 1.97. The molecule has 1 saturated heterocycles. The highest BCUT2D eigenvalue weighted by Gasteiger charge is 2.20. The van der Waals surface area contributed by atoms with Crippen molar-refractivity contribution < 1.29 is 4.74 Å². The zero-order chi connectivity index (χ0) is 14.8. The van der Waals surface area contributed by atoms with E-state index in [1.807, 2.05) is 19.1 Å².